The lowest BCUT2D eigenvalue weighted by Crippen LogP contribution is -2.11. The van der Waals surface area contributed by atoms with Crippen LogP contribution in [0.25, 0.3) is 0 Å². The normalized spacial score (nSPS) is 10.2. The fourth-order valence-electron chi connectivity index (χ4n) is 1.87. The van der Waals surface area contributed by atoms with E-state index in [4.69, 9.17) is 9.84 Å². The van der Waals surface area contributed by atoms with E-state index < -0.39 is 12.1 Å². The first-order valence-electron chi connectivity index (χ1n) is 6.27. The highest BCUT2D eigenvalue weighted by Crippen LogP contribution is 2.12. The molecule has 0 unspecified atom stereocenters. The minimum atomic E-state index is -1.04. The molecule has 0 fully saturated rings. The van der Waals surface area contributed by atoms with Crippen LogP contribution in [-0.4, -0.2) is 21.7 Å². The van der Waals surface area contributed by atoms with E-state index in [0.29, 0.717) is 12.0 Å². The van der Waals surface area contributed by atoms with Gasteiger partial charge in [-0.3, -0.25) is 4.57 Å². The molecule has 2 rings (SSSR count). The molecule has 1 aromatic heterocycles. The first-order chi connectivity index (χ1) is 9.61. The molecule has 1 heterocycles. The number of aromatic carboxylic acids is 1. The van der Waals surface area contributed by atoms with Crippen molar-refractivity contribution in [2.75, 3.05) is 0 Å². The van der Waals surface area contributed by atoms with Gasteiger partial charge < -0.3 is 9.84 Å². The summed E-state index contributed by atoms with van der Waals surface area (Å²) in [4.78, 5) is 22.9. The Morgan fingerprint density at radius 2 is 1.90 bits per heavy atom. The Labute approximate surface area is 116 Å². The van der Waals surface area contributed by atoms with E-state index in [-0.39, 0.29) is 12.2 Å². The molecule has 5 nitrogen and oxygen atoms in total. The second-order valence-electron chi connectivity index (χ2n) is 4.30. The summed E-state index contributed by atoms with van der Waals surface area (Å²) < 4.78 is 6.31. The lowest BCUT2D eigenvalue weighted by molar-refractivity contribution is 0.0696. The first-order valence-corrected chi connectivity index (χ1v) is 6.27. The van der Waals surface area contributed by atoms with Gasteiger partial charge in [-0.05, 0) is 17.5 Å². The molecule has 0 saturated heterocycles. The average Bonchev–Trinajstić information content (AvgIpc) is 2.90. The van der Waals surface area contributed by atoms with Crippen LogP contribution in [0.5, 0.6) is 0 Å². The molecule has 1 aromatic carbocycles. The third-order valence-electron chi connectivity index (χ3n) is 2.94. The highest BCUT2D eigenvalue weighted by atomic mass is 16.5. The number of aryl methyl sites for hydroxylation is 1. The largest absolute Gasteiger partial charge is 0.478 e. The van der Waals surface area contributed by atoms with Crippen molar-refractivity contribution in [2.24, 2.45) is 0 Å². The van der Waals surface area contributed by atoms with Gasteiger partial charge in [0, 0.05) is 12.4 Å². The second-order valence-corrected chi connectivity index (χ2v) is 4.30. The maximum absolute atomic E-state index is 11.9. The Bertz CT molecular complexity index is 616. The molecule has 2 aromatic rings. The minimum absolute atomic E-state index is 0.129. The number of ether oxygens (including phenoxy) is 1. The number of carbonyl (C=O) groups excluding carboxylic acids is 1. The maximum atomic E-state index is 11.9. The van der Waals surface area contributed by atoms with Crippen molar-refractivity contribution in [1.29, 1.82) is 0 Å². The predicted molar refractivity (Wildman–Crippen MR) is 72.8 cm³/mol. The summed E-state index contributed by atoms with van der Waals surface area (Å²) in [7, 11) is 0. The van der Waals surface area contributed by atoms with Gasteiger partial charge in [0.15, 0.2) is 0 Å². The number of hydrogen-bond acceptors (Lipinski definition) is 3. The third-order valence-corrected chi connectivity index (χ3v) is 2.94. The summed E-state index contributed by atoms with van der Waals surface area (Å²) in [6, 6.07) is 9.29. The molecule has 0 radical (unpaired) electrons. The van der Waals surface area contributed by atoms with Crippen LogP contribution in [0.2, 0.25) is 0 Å². The monoisotopic (exact) mass is 273 g/mol. The number of benzene rings is 1. The van der Waals surface area contributed by atoms with Crippen LogP contribution >= 0.6 is 0 Å². The molecule has 0 aliphatic rings. The number of nitrogens with zero attached hydrogens (tertiary/aromatic N) is 1. The van der Waals surface area contributed by atoms with Gasteiger partial charge in [0.05, 0.1) is 5.56 Å². The van der Waals surface area contributed by atoms with E-state index in [1.165, 1.54) is 17.0 Å². The summed E-state index contributed by atoms with van der Waals surface area (Å²) in [5.41, 5.74) is 1.61. The fourth-order valence-corrected chi connectivity index (χ4v) is 1.87. The van der Waals surface area contributed by atoms with Gasteiger partial charge in [-0.15, -0.1) is 0 Å². The van der Waals surface area contributed by atoms with Crippen molar-refractivity contribution in [3.8, 4) is 0 Å². The van der Waals surface area contributed by atoms with Crippen molar-refractivity contribution in [3.63, 3.8) is 0 Å². The van der Waals surface area contributed by atoms with E-state index in [9.17, 15) is 9.59 Å². The Morgan fingerprint density at radius 1 is 1.20 bits per heavy atom. The lowest BCUT2D eigenvalue weighted by Gasteiger charge is -2.04. The molecule has 0 amide bonds. The zero-order valence-electron chi connectivity index (χ0n) is 11.1. The van der Waals surface area contributed by atoms with Crippen molar-refractivity contribution >= 4 is 12.1 Å². The van der Waals surface area contributed by atoms with Crippen molar-refractivity contribution < 1.29 is 19.4 Å². The first kappa shape index (κ1) is 13.9. The third kappa shape index (κ3) is 3.06. The van der Waals surface area contributed by atoms with Crippen LogP contribution in [0.4, 0.5) is 4.79 Å². The highest BCUT2D eigenvalue weighted by Gasteiger charge is 2.16. The number of carboxylic acids is 1. The lowest BCUT2D eigenvalue weighted by atomic mass is 10.1. The van der Waals surface area contributed by atoms with E-state index in [0.717, 1.165) is 5.56 Å². The molecule has 0 atom stereocenters. The van der Waals surface area contributed by atoms with Crippen molar-refractivity contribution in [2.45, 2.75) is 20.0 Å². The Balaban J connectivity index is 2.08. The van der Waals surface area contributed by atoms with E-state index in [1.807, 2.05) is 37.3 Å². The number of aromatic nitrogens is 1. The molecular weight excluding hydrogens is 258 g/mol. The standard InChI is InChI=1S/C15H15NO4/c1-2-12-8-16(9-13(12)14(17)18)15(19)20-10-11-6-4-3-5-7-11/h3-9H,2,10H2,1H3,(H,17,18). The van der Waals surface area contributed by atoms with Gasteiger partial charge in [0.2, 0.25) is 0 Å². The topological polar surface area (TPSA) is 68.5 Å². The SMILES string of the molecule is CCc1cn(C(=O)OCc2ccccc2)cc1C(=O)O. The zero-order valence-corrected chi connectivity index (χ0v) is 11.1. The number of rotatable bonds is 4. The van der Waals surface area contributed by atoms with Crippen LogP contribution in [0.15, 0.2) is 42.7 Å². The molecule has 1 N–H and O–H groups in total. The van der Waals surface area contributed by atoms with Crippen LogP contribution < -0.4 is 0 Å². The van der Waals surface area contributed by atoms with E-state index in [1.54, 1.807) is 0 Å². The van der Waals surface area contributed by atoms with Crippen LogP contribution in [0.3, 0.4) is 0 Å². The number of hydrogen-bond donors (Lipinski definition) is 1. The molecule has 0 bridgehead atoms. The zero-order chi connectivity index (χ0) is 14.5. The highest BCUT2D eigenvalue weighted by molar-refractivity contribution is 5.90. The van der Waals surface area contributed by atoms with Gasteiger partial charge >= 0.3 is 12.1 Å². The van der Waals surface area contributed by atoms with Crippen molar-refractivity contribution in [1.82, 2.24) is 4.57 Å². The maximum Gasteiger partial charge on any atom is 0.418 e. The molecule has 0 saturated carbocycles. The predicted octanol–water partition coefficient (Wildman–Crippen LogP) is 2.93. The molecule has 0 aliphatic carbocycles. The van der Waals surface area contributed by atoms with Crippen molar-refractivity contribution in [3.05, 3.63) is 59.4 Å². The average molecular weight is 273 g/mol. The Morgan fingerprint density at radius 3 is 2.45 bits per heavy atom. The minimum Gasteiger partial charge on any atom is -0.478 e. The molecule has 0 aliphatic heterocycles. The summed E-state index contributed by atoms with van der Waals surface area (Å²) in [5.74, 6) is -1.04. The molecule has 104 valence electrons. The quantitative estimate of drug-likeness (QED) is 0.929. The Kier molecular flexibility index (Phi) is 4.20. The van der Waals surface area contributed by atoms with Gasteiger partial charge in [0.25, 0.3) is 0 Å². The van der Waals surface area contributed by atoms with Gasteiger partial charge in [-0.2, -0.15) is 0 Å². The number of carbonyl (C=O) groups is 2. The summed E-state index contributed by atoms with van der Waals surface area (Å²) in [6.07, 6.45) is 2.74. The van der Waals surface area contributed by atoms with Gasteiger partial charge in [0.1, 0.15) is 6.61 Å². The van der Waals surface area contributed by atoms with Gasteiger partial charge in [-0.1, -0.05) is 37.3 Å². The summed E-state index contributed by atoms with van der Waals surface area (Å²) in [5, 5.41) is 9.03. The second kappa shape index (κ2) is 6.06. The molecular formula is C15H15NO4. The summed E-state index contributed by atoms with van der Waals surface area (Å²) in [6.45, 7) is 1.99. The van der Waals surface area contributed by atoms with Crippen LogP contribution in [0.1, 0.15) is 28.4 Å². The van der Waals surface area contributed by atoms with Crippen LogP contribution in [0, 0.1) is 0 Å². The van der Waals surface area contributed by atoms with Crippen LogP contribution in [-0.2, 0) is 17.8 Å². The van der Waals surface area contributed by atoms with E-state index in [2.05, 4.69) is 0 Å². The molecule has 5 heteroatoms. The van der Waals surface area contributed by atoms with E-state index >= 15 is 0 Å². The molecule has 20 heavy (non-hydrogen) atoms. The Hall–Kier alpha value is -2.56. The van der Waals surface area contributed by atoms with Gasteiger partial charge in [-0.25, -0.2) is 9.59 Å². The molecule has 0 spiro atoms. The smallest absolute Gasteiger partial charge is 0.418 e. The summed E-state index contributed by atoms with van der Waals surface area (Å²) >= 11 is 0. The number of carboxylic acid groups (broad SMARTS) is 1. The fraction of sp³-hybridized carbons (Fsp3) is 0.200.